The molecule has 0 unspecified atom stereocenters. The Balaban J connectivity index is 2.20. The monoisotopic (exact) mass is 277 g/mol. The minimum atomic E-state index is -4.46. The molecule has 0 aliphatic rings. The third kappa shape index (κ3) is 3.54. The van der Waals surface area contributed by atoms with E-state index in [1.54, 1.807) is 24.5 Å². The molecule has 1 aromatic heterocycles. The fourth-order valence-electron chi connectivity index (χ4n) is 1.59. The number of benzene rings is 1. The minimum absolute atomic E-state index is 0.0000321. The first-order chi connectivity index (χ1) is 9.47. The van der Waals surface area contributed by atoms with Crippen LogP contribution in [0.1, 0.15) is 21.5 Å². The second kappa shape index (κ2) is 5.69. The molecule has 0 spiro atoms. The number of allylic oxidation sites excluding steroid dienone is 1. The number of nitrogens with zero attached hydrogens (tertiary/aromatic N) is 1. The van der Waals surface area contributed by atoms with Gasteiger partial charge >= 0.3 is 6.18 Å². The van der Waals surface area contributed by atoms with Crippen LogP contribution in [-0.4, -0.2) is 10.8 Å². The van der Waals surface area contributed by atoms with E-state index in [-0.39, 0.29) is 5.56 Å². The number of halogens is 3. The maximum Gasteiger partial charge on any atom is 0.416 e. The van der Waals surface area contributed by atoms with E-state index < -0.39 is 17.5 Å². The van der Waals surface area contributed by atoms with Crippen LogP contribution in [0.3, 0.4) is 0 Å². The molecule has 0 bridgehead atoms. The summed E-state index contributed by atoms with van der Waals surface area (Å²) in [6.07, 6.45) is 1.42. The Labute approximate surface area is 113 Å². The van der Waals surface area contributed by atoms with E-state index >= 15 is 0 Å². The average Bonchev–Trinajstić information content (AvgIpc) is 2.45. The van der Waals surface area contributed by atoms with E-state index in [2.05, 4.69) is 4.98 Å². The predicted molar refractivity (Wildman–Crippen MR) is 69.0 cm³/mol. The molecule has 0 atom stereocenters. The molecule has 0 amide bonds. The molecule has 0 aliphatic carbocycles. The van der Waals surface area contributed by atoms with Gasteiger partial charge in [0.2, 0.25) is 0 Å². The summed E-state index contributed by atoms with van der Waals surface area (Å²) < 4.78 is 37.6. The van der Waals surface area contributed by atoms with Crippen molar-refractivity contribution in [2.75, 3.05) is 0 Å². The van der Waals surface area contributed by atoms with Crippen molar-refractivity contribution < 1.29 is 18.0 Å². The molecule has 0 saturated carbocycles. The molecule has 102 valence electrons. The lowest BCUT2D eigenvalue weighted by molar-refractivity contribution is -0.137. The third-order valence-corrected chi connectivity index (χ3v) is 2.59. The zero-order valence-electron chi connectivity index (χ0n) is 10.3. The lowest BCUT2D eigenvalue weighted by Crippen LogP contribution is -2.06. The Morgan fingerprint density at radius 1 is 1.15 bits per heavy atom. The van der Waals surface area contributed by atoms with E-state index in [1.807, 2.05) is 0 Å². The van der Waals surface area contributed by atoms with Crippen LogP contribution in [0.4, 0.5) is 13.2 Å². The van der Waals surface area contributed by atoms with Gasteiger partial charge in [0.25, 0.3) is 0 Å². The summed E-state index contributed by atoms with van der Waals surface area (Å²) in [7, 11) is 0. The van der Waals surface area contributed by atoms with Crippen LogP contribution in [0.25, 0.3) is 6.08 Å². The van der Waals surface area contributed by atoms with Gasteiger partial charge in [-0.3, -0.25) is 9.78 Å². The van der Waals surface area contributed by atoms with Gasteiger partial charge in [-0.25, -0.2) is 0 Å². The number of hydrogen-bond donors (Lipinski definition) is 0. The van der Waals surface area contributed by atoms with Crippen molar-refractivity contribution in [1.29, 1.82) is 0 Å². The van der Waals surface area contributed by atoms with Crippen LogP contribution in [0.15, 0.2) is 54.9 Å². The van der Waals surface area contributed by atoms with E-state index in [0.29, 0.717) is 5.56 Å². The lowest BCUT2D eigenvalue weighted by atomic mass is 10.1. The van der Waals surface area contributed by atoms with Crippen LogP contribution in [0, 0.1) is 0 Å². The third-order valence-electron chi connectivity index (χ3n) is 2.59. The molecule has 5 heteroatoms. The lowest BCUT2D eigenvalue weighted by Gasteiger charge is -2.06. The van der Waals surface area contributed by atoms with Crippen molar-refractivity contribution in [3.63, 3.8) is 0 Å². The summed E-state index contributed by atoms with van der Waals surface area (Å²) in [6.45, 7) is 0. The molecule has 0 fully saturated rings. The van der Waals surface area contributed by atoms with Crippen molar-refractivity contribution in [2.45, 2.75) is 6.18 Å². The Bertz CT molecular complexity index is 633. The number of rotatable bonds is 3. The summed E-state index contributed by atoms with van der Waals surface area (Å²) in [4.78, 5) is 15.7. The molecule has 2 rings (SSSR count). The summed E-state index contributed by atoms with van der Waals surface area (Å²) >= 11 is 0. The van der Waals surface area contributed by atoms with Crippen molar-refractivity contribution in [3.05, 3.63) is 71.6 Å². The van der Waals surface area contributed by atoms with Gasteiger partial charge in [-0.2, -0.15) is 13.2 Å². The number of pyridine rings is 1. The predicted octanol–water partition coefficient (Wildman–Crippen LogP) is 4.00. The fraction of sp³-hybridized carbons (Fsp3) is 0.0667. The Morgan fingerprint density at radius 2 is 1.95 bits per heavy atom. The molecular weight excluding hydrogens is 267 g/mol. The van der Waals surface area contributed by atoms with Gasteiger partial charge in [-0.05, 0) is 35.9 Å². The fourth-order valence-corrected chi connectivity index (χ4v) is 1.59. The summed E-state index contributed by atoms with van der Waals surface area (Å²) in [5.74, 6) is -0.486. The Hall–Kier alpha value is -2.43. The molecule has 1 heterocycles. The minimum Gasteiger partial charge on any atom is -0.289 e. The first-order valence-corrected chi connectivity index (χ1v) is 5.76. The van der Waals surface area contributed by atoms with E-state index in [1.165, 1.54) is 24.3 Å². The number of carbonyl (C=O) groups excluding carboxylic acids is 1. The molecule has 0 saturated heterocycles. The second-order valence-electron chi connectivity index (χ2n) is 4.06. The highest BCUT2D eigenvalue weighted by molar-refractivity contribution is 6.06. The van der Waals surface area contributed by atoms with Crippen molar-refractivity contribution in [3.8, 4) is 0 Å². The quantitative estimate of drug-likeness (QED) is 0.627. The first kappa shape index (κ1) is 14.0. The molecule has 2 aromatic rings. The van der Waals surface area contributed by atoms with E-state index in [0.717, 1.165) is 12.1 Å². The van der Waals surface area contributed by atoms with Gasteiger partial charge < -0.3 is 0 Å². The van der Waals surface area contributed by atoms with E-state index in [4.69, 9.17) is 0 Å². The topological polar surface area (TPSA) is 30.0 Å². The molecular formula is C15H10F3NO. The Morgan fingerprint density at radius 3 is 2.60 bits per heavy atom. The van der Waals surface area contributed by atoms with Gasteiger partial charge in [0.15, 0.2) is 5.78 Å². The number of ketones is 1. The van der Waals surface area contributed by atoms with Crippen LogP contribution >= 0.6 is 0 Å². The van der Waals surface area contributed by atoms with E-state index in [9.17, 15) is 18.0 Å². The van der Waals surface area contributed by atoms with Gasteiger partial charge in [0.1, 0.15) is 0 Å². The largest absolute Gasteiger partial charge is 0.416 e. The van der Waals surface area contributed by atoms with Crippen molar-refractivity contribution >= 4 is 11.9 Å². The van der Waals surface area contributed by atoms with Gasteiger partial charge in [-0.1, -0.05) is 18.2 Å². The zero-order valence-corrected chi connectivity index (χ0v) is 10.3. The SMILES string of the molecule is O=C(C=Cc1cccnc1)c1cccc(C(F)(F)F)c1. The highest BCUT2D eigenvalue weighted by atomic mass is 19.4. The summed E-state index contributed by atoms with van der Waals surface area (Å²) in [5, 5.41) is 0. The Kier molecular flexibility index (Phi) is 3.98. The number of alkyl halides is 3. The van der Waals surface area contributed by atoms with Crippen LogP contribution in [0.5, 0.6) is 0 Å². The standard InChI is InChI=1S/C15H10F3NO/c16-15(17,18)13-5-1-4-12(9-13)14(20)7-6-11-3-2-8-19-10-11/h1-10H. The molecule has 0 aliphatic heterocycles. The van der Waals surface area contributed by atoms with Crippen molar-refractivity contribution in [2.24, 2.45) is 0 Å². The first-order valence-electron chi connectivity index (χ1n) is 5.76. The molecule has 20 heavy (non-hydrogen) atoms. The highest BCUT2D eigenvalue weighted by Crippen LogP contribution is 2.29. The maximum atomic E-state index is 12.5. The number of aromatic nitrogens is 1. The second-order valence-corrected chi connectivity index (χ2v) is 4.06. The molecule has 1 aromatic carbocycles. The molecule has 0 radical (unpaired) electrons. The van der Waals surface area contributed by atoms with Crippen LogP contribution in [0.2, 0.25) is 0 Å². The van der Waals surface area contributed by atoms with Crippen molar-refractivity contribution in [1.82, 2.24) is 4.98 Å². The average molecular weight is 277 g/mol. The van der Waals surface area contributed by atoms with Crippen LogP contribution < -0.4 is 0 Å². The maximum absolute atomic E-state index is 12.5. The number of carbonyl (C=O) groups is 1. The number of hydrogen-bond acceptors (Lipinski definition) is 2. The van der Waals surface area contributed by atoms with Gasteiger partial charge in [0, 0.05) is 18.0 Å². The molecule has 0 N–H and O–H groups in total. The zero-order chi connectivity index (χ0) is 14.6. The highest BCUT2D eigenvalue weighted by Gasteiger charge is 2.30. The molecule has 2 nitrogen and oxygen atoms in total. The normalized spacial score (nSPS) is 11.8. The van der Waals surface area contributed by atoms with Gasteiger partial charge in [-0.15, -0.1) is 0 Å². The summed E-state index contributed by atoms with van der Waals surface area (Å²) in [6, 6.07) is 7.79. The van der Waals surface area contributed by atoms with Gasteiger partial charge in [0.05, 0.1) is 5.56 Å². The van der Waals surface area contributed by atoms with Crippen LogP contribution in [-0.2, 0) is 6.18 Å². The smallest absolute Gasteiger partial charge is 0.289 e. The summed E-state index contributed by atoms with van der Waals surface area (Å²) in [5.41, 5.74) is -0.133.